The fourth-order valence-electron chi connectivity index (χ4n) is 2.07. The lowest BCUT2D eigenvalue weighted by Crippen LogP contribution is -2.17. The van der Waals surface area contributed by atoms with Crippen molar-refractivity contribution in [1.29, 1.82) is 0 Å². The maximum atomic E-state index is 6.23. The average Bonchev–Trinajstić information content (AvgIpc) is 2.42. The number of hydrogen-bond donors (Lipinski definition) is 1. The predicted octanol–water partition coefficient (Wildman–Crippen LogP) is 3.63. The van der Waals surface area contributed by atoms with E-state index in [2.05, 4.69) is 22.4 Å². The third-order valence-corrected chi connectivity index (χ3v) is 3.42. The fourth-order valence-corrected chi connectivity index (χ4v) is 2.34. The number of halogens is 1. The normalized spacial score (nSPS) is 12.3. The number of pyridine rings is 1. The molecule has 0 spiro atoms. The Labute approximate surface area is 113 Å². The second-order valence-corrected chi connectivity index (χ2v) is 4.67. The van der Waals surface area contributed by atoms with Crippen molar-refractivity contribution in [2.75, 3.05) is 7.05 Å². The Morgan fingerprint density at radius 3 is 2.72 bits per heavy atom. The van der Waals surface area contributed by atoms with Crippen LogP contribution >= 0.6 is 11.6 Å². The van der Waals surface area contributed by atoms with E-state index >= 15 is 0 Å². The highest BCUT2D eigenvalue weighted by atomic mass is 35.5. The molecule has 3 heteroatoms. The van der Waals surface area contributed by atoms with Crippen molar-refractivity contribution in [3.05, 3.63) is 64.9 Å². The average molecular weight is 261 g/mol. The first-order chi connectivity index (χ1) is 8.81. The van der Waals surface area contributed by atoms with Crippen LogP contribution in [0.2, 0.25) is 5.02 Å². The molecule has 1 atom stereocenters. The lowest BCUT2D eigenvalue weighted by Gasteiger charge is -2.17. The molecule has 2 rings (SSSR count). The minimum atomic E-state index is 0.277. The van der Waals surface area contributed by atoms with Crippen LogP contribution < -0.4 is 5.32 Å². The topological polar surface area (TPSA) is 24.9 Å². The molecule has 0 saturated heterocycles. The van der Waals surface area contributed by atoms with E-state index in [9.17, 15) is 0 Å². The minimum Gasteiger partial charge on any atom is -0.313 e. The largest absolute Gasteiger partial charge is 0.313 e. The van der Waals surface area contributed by atoms with Crippen molar-refractivity contribution in [2.24, 2.45) is 0 Å². The summed E-state index contributed by atoms with van der Waals surface area (Å²) in [6.07, 6.45) is 5.71. The molecule has 2 aromatic rings. The zero-order valence-corrected chi connectivity index (χ0v) is 11.2. The predicted molar refractivity (Wildman–Crippen MR) is 75.8 cm³/mol. The van der Waals surface area contributed by atoms with E-state index in [4.69, 9.17) is 11.6 Å². The molecule has 0 aliphatic carbocycles. The van der Waals surface area contributed by atoms with E-state index < -0.39 is 0 Å². The molecule has 1 unspecified atom stereocenters. The summed E-state index contributed by atoms with van der Waals surface area (Å²) in [5, 5.41) is 4.15. The first-order valence-corrected chi connectivity index (χ1v) is 6.49. The summed E-state index contributed by atoms with van der Waals surface area (Å²) < 4.78 is 0. The smallest absolute Gasteiger partial charge is 0.0453 e. The van der Waals surface area contributed by atoms with Crippen molar-refractivity contribution in [1.82, 2.24) is 10.3 Å². The van der Waals surface area contributed by atoms with E-state index in [1.165, 1.54) is 5.56 Å². The Morgan fingerprint density at radius 1 is 1.22 bits per heavy atom. The molecular weight excluding hydrogens is 244 g/mol. The maximum absolute atomic E-state index is 6.23. The molecule has 2 nitrogen and oxygen atoms in total. The first kappa shape index (κ1) is 13.1. The van der Waals surface area contributed by atoms with Gasteiger partial charge < -0.3 is 5.32 Å². The van der Waals surface area contributed by atoms with Crippen LogP contribution in [0.3, 0.4) is 0 Å². The van der Waals surface area contributed by atoms with Crippen LogP contribution in [0.4, 0.5) is 0 Å². The summed E-state index contributed by atoms with van der Waals surface area (Å²) >= 11 is 6.23. The molecule has 0 saturated carbocycles. The summed E-state index contributed by atoms with van der Waals surface area (Å²) in [4.78, 5) is 4.13. The van der Waals surface area contributed by atoms with Crippen molar-refractivity contribution in [3.8, 4) is 0 Å². The van der Waals surface area contributed by atoms with Crippen LogP contribution in [0.1, 0.15) is 23.6 Å². The highest BCUT2D eigenvalue weighted by molar-refractivity contribution is 6.31. The number of benzene rings is 1. The van der Waals surface area contributed by atoms with Gasteiger partial charge in [0, 0.05) is 23.5 Å². The van der Waals surface area contributed by atoms with Crippen LogP contribution in [-0.2, 0) is 6.42 Å². The van der Waals surface area contributed by atoms with Gasteiger partial charge in [-0.1, -0.05) is 35.9 Å². The fraction of sp³-hybridized carbons (Fsp3) is 0.267. The highest BCUT2D eigenvalue weighted by Crippen LogP contribution is 2.25. The molecule has 1 heterocycles. The summed E-state index contributed by atoms with van der Waals surface area (Å²) in [6, 6.07) is 12.3. The van der Waals surface area contributed by atoms with Gasteiger partial charge in [0.25, 0.3) is 0 Å². The van der Waals surface area contributed by atoms with Crippen molar-refractivity contribution >= 4 is 11.6 Å². The van der Waals surface area contributed by atoms with E-state index in [1.54, 1.807) is 6.20 Å². The van der Waals surface area contributed by atoms with Gasteiger partial charge in [-0.2, -0.15) is 0 Å². The molecule has 0 bridgehead atoms. The van der Waals surface area contributed by atoms with Crippen LogP contribution in [0.15, 0.2) is 48.8 Å². The zero-order valence-electron chi connectivity index (χ0n) is 10.4. The Morgan fingerprint density at radius 2 is 2.06 bits per heavy atom. The van der Waals surface area contributed by atoms with Gasteiger partial charge >= 0.3 is 0 Å². The monoisotopic (exact) mass is 260 g/mol. The Hall–Kier alpha value is -1.38. The van der Waals surface area contributed by atoms with E-state index in [-0.39, 0.29) is 6.04 Å². The second-order valence-electron chi connectivity index (χ2n) is 4.26. The van der Waals surface area contributed by atoms with Crippen LogP contribution in [-0.4, -0.2) is 12.0 Å². The molecular formula is C15H17ClN2. The molecule has 94 valence electrons. The molecule has 0 aliphatic heterocycles. The molecule has 0 amide bonds. The summed E-state index contributed by atoms with van der Waals surface area (Å²) in [6.45, 7) is 0. The number of nitrogens with one attached hydrogen (secondary N) is 1. The van der Waals surface area contributed by atoms with Crippen molar-refractivity contribution < 1.29 is 0 Å². The number of aromatic nitrogens is 1. The van der Waals surface area contributed by atoms with Gasteiger partial charge in [0.05, 0.1) is 0 Å². The Balaban J connectivity index is 2.04. The lowest BCUT2D eigenvalue weighted by atomic mass is 10.00. The van der Waals surface area contributed by atoms with Gasteiger partial charge in [-0.3, -0.25) is 4.98 Å². The van der Waals surface area contributed by atoms with Crippen LogP contribution in [0, 0.1) is 0 Å². The van der Waals surface area contributed by atoms with Crippen molar-refractivity contribution in [2.45, 2.75) is 18.9 Å². The summed E-state index contributed by atoms with van der Waals surface area (Å²) in [7, 11) is 1.97. The minimum absolute atomic E-state index is 0.277. The van der Waals surface area contributed by atoms with E-state index in [1.807, 2.05) is 37.5 Å². The number of hydrogen-bond acceptors (Lipinski definition) is 2. The Bertz CT molecular complexity index is 485. The molecule has 18 heavy (non-hydrogen) atoms. The van der Waals surface area contributed by atoms with E-state index in [0.717, 1.165) is 23.4 Å². The maximum Gasteiger partial charge on any atom is 0.0453 e. The number of rotatable bonds is 5. The first-order valence-electron chi connectivity index (χ1n) is 6.12. The van der Waals surface area contributed by atoms with E-state index in [0.29, 0.717) is 0 Å². The zero-order chi connectivity index (χ0) is 12.8. The van der Waals surface area contributed by atoms with Gasteiger partial charge in [0.1, 0.15) is 0 Å². The quantitative estimate of drug-likeness (QED) is 0.888. The molecule has 1 N–H and O–H groups in total. The number of aryl methyl sites for hydroxylation is 1. The van der Waals surface area contributed by atoms with Gasteiger partial charge in [-0.15, -0.1) is 0 Å². The highest BCUT2D eigenvalue weighted by Gasteiger charge is 2.12. The molecule has 1 aromatic carbocycles. The van der Waals surface area contributed by atoms with Crippen LogP contribution in [0.25, 0.3) is 0 Å². The standard InChI is InChI=1S/C15H17ClN2/c1-17-15(13-6-2-3-7-14(13)16)9-8-12-5-4-10-18-11-12/h2-7,10-11,15,17H,8-9H2,1H3. The third kappa shape index (κ3) is 3.31. The molecule has 0 aliphatic rings. The van der Waals surface area contributed by atoms with Gasteiger partial charge in [0.2, 0.25) is 0 Å². The Kier molecular flexibility index (Phi) is 4.73. The second kappa shape index (κ2) is 6.53. The number of nitrogens with zero attached hydrogens (tertiary/aromatic N) is 1. The molecule has 1 aromatic heterocycles. The van der Waals surface area contributed by atoms with Crippen LogP contribution in [0.5, 0.6) is 0 Å². The summed E-state index contributed by atoms with van der Waals surface area (Å²) in [5.41, 5.74) is 2.41. The summed E-state index contributed by atoms with van der Waals surface area (Å²) in [5.74, 6) is 0. The SMILES string of the molecule is CNC(CCc1cccnc1)c1ccccc1Cl. The molecule has 0 fully saturated rings. The third-order valence-electron chi connectivity index (χ3n) is 3.07. The van der Waals surface area contributed by atoms with Gasteiger partial charge in [-0.25, -0.2) is 0 Å². The lowest BCUT2D eigenvalue weighted by molar-refractivity contribution is 0.549. The van der Waals surface area contributed by atoms with Gasteiger partial charge in [0.15, 0.2) is 0 Å². The molecule has 0 radical (unpaired) electrons. The van der Waals surface area contributed by atoms with Gasteiger partial charge in [-0.05, 0) is 43.1 Å². The van der Waals surface area contributed by atoms with Crippen molar-refractivity contribution in [3.63, 3.8) is 0 Å².